The van der Waals surface area contributed by atoms with Gasteiger partial charge < -0.3 is 9.64 Å². The van der Waals surface area contributed by atoms with Crippen molar-refractivity contribution in [2.75, 3.05) is 20.7 Å². The second-order valence-corrected chi connectivity index (χ2v) is 4.82. The van der Waals surface area contributed by atoms with Gasteiger partial charge in [0.1, 0.15) is 5.75 Å². The van der Waals surface area contributed by atoms with Crippen LogP contribution in [-0.2, 0) is 6.54 Å². The van der Waals surface area contributed by atoms with Crippen molar-refractivity contribution in [1.82, 2.24) is 4.90 Å². The number of halogens is 1. The van der Waals surface area contributed by atoms with E-state index in [2.05, 4.69) is 11.0 Å². The van der Waals surface area contributed by atoms with Gasteiger partial charge in [0.25, 0.3) is 0 Å². The zero-order chi connectivity index (χ0) is 13.5. The molecule has 1 aromatic rings. The molecule has 0 N–H and O–H groups in total. The third-order valence-electron chi connectivity index (χ3n) is 2.83. The maximum Gasteiger partial charge on any atom is 0.123 e. The minimum absolute atomic E-state index is 0.593. The first-order chi connectivity index (χ1) is 8.58. The van der Waals surface area contributed by atoms with Crippen LogP contribution in [0.25, 0.3) is 0 Å². The summed E-state index contributed by atoms with van der Waals surface area (Å²) in [5, 5.41) is 9.27. The Morgan fingerprint density at radius 2 is 2.17 bits per heavy atom. The summed E-state index contributed by atoms with van der Waals surface area (Å²) in [4.78, 5) is 2.17. The molecule has 0 aromatic heterocycles. The van der Waals surface area contributed by atoms with Gasteiger partial charge in [0, 0.05) is 23.6 Å². The van der Waals surface area contributed by atoms with E-state index >= 15 is 0 Å². The average molecular weight is 267 g/mol. The van der Waals surface area contributed by atoms with Crippen molar-refractivity contribution in [2.45, 2.75) is 26.3 Å². The normalized spacial score (nSPS) is 10.4. The minimum atomic E-state index is 0.593. The van der Waals surface area contributed by atoms with Crippen molar-refractivity contribution >= 4 is 11.6 Å². The summed E-state index contributed by atoms with van der Waals surface area (Å²) in [6, 6.07) is 6.07. The van der Waals surface area contributed by atoms with Crippen molar-refractivity contribution in [3.63, 3.8) is 0 Å². The van der Waals surface area contributed by atoms with Gasteiger partial charge in [0.05, 0.1) is 13.2 Å². The molecule has 0 aliphatic carbocycles. The second-order valence-electron chi connectivity index (χ2n) is 4.41. The van der Waals surface area contributed by atoms with Crippen molar-refractivity contribution in [2.24, 2.45) is 0 Å². The van der Waals surface area contributed by atoms with E-state index in [1.165, 1.54) is 0 Å². The SMILES string of the molecule is COc1cc(C)c(Cl)cc1CN(C)CCCC#N. The molecule has 0 atom stereocenters. The molecule has 0 saturated carbocycles. The molecule has 18 heavy (non-hydrogen) atoms. The highest BCUT2D eigenvalue weighted by Crippen LogP contribution is 2.27. The molecule has 0 saturated heterocycles. The van der Waals surface area contributed by atoms with Crippen molar-refractivity contribution in [3.05, 3.63) is 28.3 Å². The van der Waals surface area contributed by atoms with E-state index in [0.29, 0.717) is 6.42 Å². The van der Waals surface area contributed by atoms with Crippen LogP contribution in [0.15, 0.2) is 12.1 Å². The quantitative estimate of drug-likeness (QED) is 0.741. The maximum absolute atomic E-state index is 8.51. The molecule has 1 aromatic carbocycles. The van der Waals surface area contributed by atoms with Gasteiger partial charge in [-0.25, -0.2) is 0 Å². The number of hydrogen-bond acceptors (Lipinski definition) is 3. The molecule has 0 aliphatic heterocycles. The predicted octanol–water partition coefficient (Wildman–Crippen LogP) is 3.39. The average Bonchev–Trinajstić information content (AvgIpc) is 2.34. The third kappa shape index (κ3) is 4.21. The molecule has 0 unspecified atom stereocenters. The van der Waals surface area contributed by atoms with Crippen LogP contribution in [0.1, 0.15) is 24.0 Å². The summed E-state index contributed by atoms with van der Waals surface area (Å²) < 4.78 is 5.37. The lowest BCUT2D eigenvalue weighted by molar-refractivity contribution is 0.314. The fourth-order valence-corrected chi connectivity index (χ4v) is 1.99. The summed E-state index contributed by atoms with van der Waals surface area (Å²) >= 11 is 6.14. The number of nitriles is 1. The Kier molecular flexibility index (Phi) is 5.97. The van der Waals surface area contributed by atoms with Gasteiger partial charge in [-0.2, -0.15) is 5.26 Å². The highest BCUT2D eigenvalue weighted by atomic mass is 35.5. The monoisotopic (exact) mass is 266 g/mol. The van der Waals surface area contributed by atoms with Crippen molar-refractivity contribution < 1.29 is 4.74 Å². The topological polar surface area (TPSA) is 36.3 Å². The summed E-state index contributed by atoms with van der Waals surface area (Å²) in [5.74, 6) is 0.865. The van der Waals surface area contributed by atoms with Gasteiger partial charge in [0.15, 0.2) is 0 Å². The number of benzene rings is 1. The van der Waals surface area contributed by atoms with E-state index in [0.717, 1.165) is 41.4 Å². The van der Waals surface area contributed by atoms with Gasteiger partial charge in [0.2, 0.25) is 0 Å². The summed E-state index contributed by atoms with van der Waals surface area (Å²) in [6.07, 6.45) is 1.48. The molecule has 0 aliphatic rings. The largest absolute Gasteiger partial charge is 0.496 e. The Balaban J connectivity index is 2.71. The van der Waals surface area contributed by atoms with Crippen LogP contribution in [0.5, 0.6) is 5.75 Å². The lowest BCUT2D eigenvalue weighted by Crippen LogP contribution is -2.19. The zero-order valence-electron chi connectivity index (χ0n) is 11.2. The Bertz CT molecular complexity index is 440. The van der Waals surface area contributed by atoms with Gasteiger partial charge >= 0.3 is 0 Å². The minimum Gasteiger partial charge on any atom is -0.496 e. The highest BCUT2D eigenvalue weighted by molar-refractivity contribution is 6.31. The number of aryl methyl sites for hydroxylation is 1. The number of unbranched alkanes of at least 4 members (excludes halogenated alkanes) is 1. The van der Waals surface area contributed by atoms with Crippen LogP contribution in [0.4, 0.5) is 0 Å². The van der Waals surface area contributed by atoms with Crippen LogP contribution < -0.4 is 4.74 Å². The molecule has 98 valence electrons. The Hall–Kier alpha value is -1.24. The van der Waals surface area contributed by atoms with E-state index in [1.807, 2.05) is 26.1 Å². The standard InChI is InChI=1S/C14H19ClN2O/c1-11-8-14(18-3)12(9-13(11)15)10-17(2)7-5-4-6-16/h8-9H,4-5,7,10H2,1-3H3. The molecule has 1 rings (SSSR count). The molecule has 4 heteroatoms. The molecule has 0 fully saturated rings. The van der Waals surface area contributed by atoms with Gasteiger partial charge in [-0.3, -0.25) is 0 Å². The molecule has 0 radical (unpaired) electrons. The number of rotatable bonds is 6. The van der Waals surface area contributed by atoms with E-state index in [4.69, 9.17) is 21.6 Å². The molecule has 3 nitrogen and oxygen atoms in total. The first kappa shape index (κ1) is 14.8. The number of methoxy groups -OCH3 is 1. The third-order valence-corrected chi connectivity index (χ3v) is 3.24. The van der Waals surface area contributed by atoms with Crippen LogP contribution in [-0.4, -0.2) is 25.6 Å². The summed E-state index contributed by atoms with van der Waals surface area (Å²) in [6.45, 7) is 3.63. The van der Waals surface area contributed by atoms with Crippen LogP contribution in [0.2, 0.25) is 5.02 Å². The van der Waals surface area contributed by atoms with E-state index < -0.39 is 0 Å². The Morgan fingerprint density at radius 1 is 1.44 bits per heavy atom. The molecular formula is C14H19ClN2O. The smallest absolute Gasteiger partial charge is 0.123 e. The Morgan fingerprint density at radius 3 is 2.78 bits per heavy atom. The fraction of sp³-hybridized carbons (Fsp3) is 0.500. The van der Waals surface area contributed by atoms with Crippen LogP contribution >= 0.6 is 11.6 Å². The van der Waals surface area contributed by atoms with Crippen molar-refractivity contribution in [3.8, 4) is 11.8 Å². The van der Waals surface area contributed by atoms with Crippen LogP contribution in [0, 0.1) is 18.3 Å². The second kappa shape index (κ2) is 7.25. The number of ether oxygens (including phenoxy) is 1. The maximum atomic E-state index is 8.51. The fourth-order valence-electron chi connectivity index (χ4n) is 1.81. The highest BCUT2D eigenvalue weighted by Gasteiger charge is 2.09. The first-order valence-corrected chi connectivity index (χ1v) is 6.34. The number of nitrogens with zero attached hydrogens (tertiary/aromatic N) is 2. The summed E-state index contributed by atoms with van der Waals surface area (Å²) in [7, 11) is 3.70. The van der Waals surface area contributed by atoms with Crippen LogP contribution in [0.3, 0.4) is 0 Å². The lowest BCUT2D eigenvalue weighted by Gasteiger charge is -2.18. The molecule has 0 heterocycles. The molecule has 0 spiro atoms. The van der Waals surface area contributed by atoms with E-state index in [1.54, 1.807) is 7.11 Å². The van der Waals surface area contributed by atoms with E-state index in [-0.39, 0.29) is 0 Å². The van der Waals surface area contributed by atoms with Gasteiger partial charge in [-0.1, -0.05) is 11.6 Å². The molecule has 0 bridgehead atoms. The van der Waals surface area contributed by atoms with Gasteiger partial charge in [-0.15, -0.1) is 0 Å². The number of hydrogen-bond donors (Lipinski definition) is 0. The zero-order valence-corrected chi connectivity index (χ0v) is 11.9. The lowest BCUT2D eigenvalue weighted by atomic mass is 10.1. The predicted molar refractivity (Wildman–Crippen MR) is 73.9 cm³/mol. The van der Waals surface area contributed by atoms with E-state index in [9.17, 15) is 0 Å². The van der Waals surface area contributed by atoms with Crippen molar-refractivity contribution in [1.29, 1.82) is 5.26 Å². The molecular weight excluding hydrogens is 248 g/mol. The first-order valence-electron chi connectivity index (χ1n) is 5.97. The molecule has 0 amide bonds. The summed E-state index contributed by atoms with van der Waals surface area (Å²) in [5.41, 5.74) is 2.09. The van der Waals surface area contributed by atoms with Gasteiger partial charge in [-0.05, 0) is 44.6 Å². The Labute approximate surface area is 114 Å².